The van der Waals surface area contributed by atoms with E-state index < -0.39 is 11.6 Å². The summed E-state index contributed by atoms with van der Waals surface area (Å²) >= 11 is 0. The van der Waals surface area contributed by atoms with E-state index in [-0.39, 0.29) is 17.9 Å². The molecule has 2 nitrogen and oxygen atoms in total. The molecule has 2 aromatic carbocycles. The zero-order chi connectivity index (χ0) is 13.1. The van der Waals surface area contributed by atoms with Gasteiger partial charge in [0.15, 0.2) is 0 Å². The lowest BCUT2D eigenvalue weighted by atomic mass is 10.0. The molecule has 0 aromatic heterocycles. The number of hydrogen-bond donors (Lipinski definition) is 1. The van der Waals surface area contributed by atoms with Crippen molar-refractivity contribution in [2.24, 2.45) is 0 Å². The molecule has 94 valence electrons. The Labute approximate surface area is 103 Å². The van der Waals surface area contributed by atoms with Crippen molar-refractivity contribution in [1.29, 1.82) is 0 Å². The minimum atomic E-state index is -0.658. The van der Waals surface area contributed by atoms with Gasteiger partial charge in [-0.1, -0.05) is 12.1 Å². The SMILES string of the molecule is COCc1ccc(-c2ccc(F)cc2F)cc1O. The Morgan fingerprint density at radius 3 is 2.50 bits per heavy atom. The summed E-state index contributed by atoms with van der Waals surface area (Å²) in [4.78, 5) is 0. The van der Waals surface area contributed by atoms with Gasteiger partial charge in [0.2, 0.25) is 0 Å². The predicted octanol–water partition coefficient (Wildman–Crippen LogP) is 3.48. The van der Waals surface area contributed by atoms with Crippen molar-refractivity contribution in [1.82, 2.24) is 0 Å². The lowest BCUT2D eigenvalue weighted by Gasteiger charge is -2.08. The molecule has 0 saturated heterocycles. The van der Waals surface area contributed by atoms with Gasteiger partial charge in [-0.15, -0.1) is 0 Å². The molecule has 0 bridgehead atoms. The third-order valence-corrected chi connectivity index (χ3v) is 2.63. The van der Waals surface area contributed by atoms with Crippen molar-refractivity contribution in [2.75, 3.05) is 7.11 Å². The van der Waals surface area contributed by atoms with E-state index in [9.17, 15) is 13.9 Å². The number of methoxy groups -OCH3 is 1. The maximum atomic E-state index is 13.6. The lowest BCUT2D eigenvalue weighted by molar-refractivity contribution is 0.182. The van der Waals surface area contributed by atoms with Gasteiger partial charge in [-0.05, 0) is 23.8 Å². The Morgan fingerprint density at radius 2 is 1.89 bits per heavy atom. The molecule has 1 N–H and O–H groups in total. The monoisotopic (exact) mass is 250 g/mol. The van der Waals surface area contributed by atoms with Crippen molar-refractivity contribution in [3.8, 4) is 16.9 Å². The van der Waals surface area contributed by atoms with Crippen LogP contribution in [0.25, 0.3) is 11.1 Å². The first-order valence-corrected chi connectivity index (χ1v) is 5.38. The molecular weight excluding hydrogens is 238 g/mol. The minimum Gasteiger partial charge on any atom is -0.508 e. The third kappa shape index (κ3) is 2.49. The molecular formula is C14H12F2O2. The molecule has 0 heterocycles. The van der Waals surface area contributed by atoms with Gasteiger partial charge in [0.1, 0.15) is 17.4 Å². The van der Waals surface area contributed by atoms with Gasteiger partial charge in [0, 0.05) is 24.3 Å². The Kier molecular flexibility index (Phi) is 3.58. The van der Waals surface area contributed by atoms with Crippen LogP contribution in [-0.2, 0) is 11.3 Å². The summed E-state index contributed by atoms with van der Waals surface area (Å²) in [5.74, 6) is -1.26. The summed E-state index contributed by atoms with van der Waals surface area (Å²) in [7, 11) is 1.52. The van der Waals surface area contributed by atoms with Gasteiger partial charge < -0.3 is 9.84 Å². The summed E-state index contributed by atoms with van der Waals surface area (Å²) in [5.41, 5.74) is 1.35. The maximum absolute atomic E-state index is 13.6. The number of hydrogen-bond acceptors (Lipinski definition) is 2. The predicted molar refractivity (Wildman–Crippen MR) is 64.2 cm³/mol. The zero-order valence-corrected chi connectivity index (χ0v) is 9.78. The van der Waals surface area contributed by atoms with Gasteiger partial charge in [-0.25, -0.2) is 8.78 Å². The van der Waals surface area contributed by atoms with E-state index in [1.54, 1.807) is 12.1 Å². The molecule has 0 aliphatic carbocycles. The molecule has 0 amide bonds. The van der Waals surface area contributed by atoms with Crippen LogP contribution in [0.3, 0.4) is 0 Å². The second kappa shape index (κ2) is 5.14. The van der Waals surface area contributed by atoms with Gasteiger partial charge in [0.25, 0.3) is 0 Å². The highest BCUT2D eigenvalue weighted by molar-refractivity contribution is 5.66. The fourth-order valence-corrected chi connectivity index (χ4v) is 1.73. The van der Waals surface area contributed by atoms with Crippen LogP contribution < -0.4 is 0 Å². The molecule has 0 spiro atoms. The highest BCUT2D eigenvalue weighted by Gasteiger charge is 2.09. The first-order valence-electron chi connectivity index (χ1n) is 5.38. The van der Waals surface area contributed by atoms with E-state index in [2.05, 4.69) is 0 Å². The Bertz CT molecular complexity index is 568. The molecule has 0 aliphatic heterocycles. The van der Waals surface area contributed by atoms with E-state index >= 15 is 0 Å². The van der Waals surface area contributed by atoms with E-state index in [0.29, 0.717) is 11.1 Å². The number of phenolic OH excluding ortho intramolecular Hbond substituents is 1. The van der Waals surface area contributed by atoms with Crippen molar-refractivity contribution in [2.45, 2.75) is 6.61 Å². The molecule has 0 aliphatic rings. The second-order valence-corrected chi connectivity index (χ2v) is 3.90. The van der Waals surface area contributed by atoms with Crippen molar-refractivity contribution in [3.63, 3.8) is 0 Å². The van der Waals surface area contributed by atoms with E-state index in [1.807, 2.05) is 0 Å². The minimum absolute atomic E-state index is 0.0260. The number of halogens is 2. The average Bonchev–Trinajstić information content (AvgIpc) is 2.32. The van der Waals surface area contributed by atoms with Crippen LogP contribution in [-0.4, -0.2) is 12.2 Å². The van der Waals surface area contributed by atoms with Crippen LogP contribution in [0.2, 0.25) is 0 Å². The number of benzene rings is 2. The maximum Gasteiger partial charge on any atom is 0.133 e. The van der Waals surface area contributed by atoms with Crippen molar-refractivity contribution in [3.05, 3.63) is 53.6 Å². The fourth-order valence-electron chi connectivity index (χ4n) is 1.73. The van der Waals surface area contributed by atoms with Crippen LogP contribution in [0.4, 0.5) is 8.78 Å². The lowest BCUT2D eigenvalue weighted by Crippen LogP contribution is -1.90. The van der Waals surface area contributed by atoms with Gasteiger partial charge in [-0.3, -0.25) is 0 Å². The number of ether oxygens (including phenoxy) is 1. The Hall–Kier alpha value is -1.94. The Balaban J connectivity index is 2.42. The summed E-state index contributed by atoms with van der Waals surface area (Å²) in [6, 6.07) is 8.08. The summed E-state index contributed by atoms with van der Waals surface area (Å²) < 4.78 is 31.3. The average molecular weight is 250 g/mol. The van der Waals surface area contributed by atoms with E-state index in [1.165, 1.54) is 25.3 Å². The molecule has 0 unspecified atom stereocenters. The normalized spacial score (nSPS) is 10.6. The molecule has 4 heteroatoms. The van der Waals surface area contributed by atoms with E-state index in [4.69, 9.17) is 4.74 Å². The van der Waals surface area contributed by atoms with Gasteiger partial charge >= 0.3 is 0 Å². The summed E-state index contributed by atoms with van der Waals surface area (Å²) in [5, 5.41) is 9.75. The van der Waals surface area contributed by atoms with Crippen molar-refractivity contribution < 1.29 is 18.6 Å². The fraction of sp³-hybridized carbons (Fsp3) is 0.143. The first kappa shape index (κ1) is 12.5. The van der Waals surface area contributed by atoms with E-state index in [0.717, 1.165) is 6.07 Å². The Morgan fingerprint density at radius 1 is 1.11 bits per heavy atom. The number of aromatic hydroxyl groups is 1. The molecule has 2 aromatic rings. The second-order valence-electron chi connectivity index (χ2n) is 3.90. The van der Waals surface area contributed by atoms with Crippen LogP contribution in [0.15, 0.2) is 36.4 Å². The molecule has 18 heavy (non-hydrogen) atoms. The van der Waals surface area contributed by atoms with Crippen LogP contribution in [0.1, 0.15) is 5.56 Å². The van der Waals surface area contributed by atoms with Crippen LogP contribution >= 0.6 is 0 Å². The number of rotatable bonds is 3. The quantitative estimate of drug-likeness (QED) is 0.903. The molecule has 0 atom stereocenters. The topological polar surface area (TPSA) is 29.5 Å². The summed E-state index contributed by atoms with van der Waals surface area (Å²) in [6.45, 7) is 0.276. The van der Waals surface area contributed by atoms with Gasteiger partial charge in [-0.2, -0.15) is 0 Å². The third-order valence-electron chi connectivity index (χ3n) is 2.63. The first-order chi connectivity index (χ1) is 8.61. The largest absolute Gasteiger partial charge is 0.508 e. The van der Waals surface area contributed by atoms with Crippen LogP contribution in [0.5, 0.6) is 5.75 Å². The molecule has 0 radical (unpaired) electrons. The zero-order valence-electron chi connectivity index (χ0n) is 9.78. The highest BCUT2D eigenvalue weighted by Crippen LogP contribution is 2.28. The van der Waals surface area contributed by atoms with Crippen molar-refractivity contribution >= 4 is 0 Å². The molecule has 0 fully saturated rings. The molecule has 2 rings (SSSR count). The van der Waals surface area contributed by atoms with Crippen LogP contribution in [0, 0.1) is 11.6 Å². The highest BCUT2D eigenvalue weighted by atomic mass is 19.1. The standard InChI is InChI=1S/C14H12F2O2/c1-18-8-10-3-2-9(6-14(10)17)12-5-4-11(15)7-13(12)16/h2-7,17H,8H2,1H3. The molecule has 0 saturated carbocycles. The summed E-state index contributed by atoms with van der Waals surface area (Å²) in [6.07, 6.45) is 0. The smallest absolute Gasteiger partial charge is 0.133 e. The van der Waals surface area contributed by atoms with Gasteiger partial charge in [0.05, 0.1) is 6.61 Å². The number of phenols is 1.